The Morgan fingerprint density at radius 1 is 0.316 bits per heavy atom. The van der Waals surface area contributed by atoms with Gasteiger partial charge in [0.05, 0.1) is 38.6 Å². The van der Waals surface area contributed by atoms with Crippen LogP contribution < -0.4 is 5.32 Å². The van der Waals surface area contributed by atoms with Crippen LogP contribution in [0.2, 0.25) is 0 Å². The molecule has 117 heavy (non-hydrogen) atoms. The van der Waals surface area contributed by atoms with E-state index in [0.717, 1.165) is 128 Å². The number of hydrogen-bond donors (Lipinski definition) is 12. The van der Waals surface area contributed by atoms with E-state index in [0.29, 0.717) is 12.8 Å². The molecule has 0 bridgehead atoms. The number of carbonyl (C=O) groups is 1. The summed E-state index contributed by atoms with van der Waals surface area (Å²) < 4.78 is 34.5. The second kappa shape index (κ2) is 74.9. The average Bonchev–Trinajstić information content (AvgIpc) is 0.777. The normalized spacial score (nSPS) is 25.2. The summed E-state index contributed by atoms with van der Waals surface area (Å²) in [6, 6.07) is -1.02. The molecule has 3 aliphatic rings. The van der Waals surface area contributed by atoms with Gasteiger partial charge in [-0.05, 0) is 128 Å². The molecule has 3 fully saturated rings. The number of nitrogens with one attached hydrogen (secondary N) is 1. The standard InChI is InChI=1S/C98H163NO18/c1-3-5-7-9-11-13-15-17-19-21-23-25-27-29-31-33-35-37-38-39-40-41-42-44-46-48-50-52-54-56-58-60-62-64-66-68-70-72-74-76-86(104)99-81(82(103)75-73-71-69-67-65-63-61-59-57-55-53-51-49-47-45-43-36-34-32-30-28-26-24-22-20-18-16-14-12-10-8-6-4-2)80-112-96-92(110)89(107)94(84(78-101)114-96)117-98-93(111)90(108)95(85(79-102)115-98)116-97-91(109)88(106)87(105)83(77-100)113-97/h5,7,11,13,17,19,23,25,29,31,35,37,39-40,42,44,48,50,54,56-57,59-60,62,65,67,73,75,81-85,87-98,100-103,105-111H,3-4,6,8-10,12,14-16,18,20-22,24,26-28,30,32-34,36,38,41,43,45-47,49,51-53,55,58,61,63-64,66,68-72,74,76-80H2,1-2H3,(H,99,104)/b7-5-,13-11-,19-17-,25-23-,31-29-,37-35-,40-39-,44-42-,50-48-,56-54-,59-57+,62-60-,67-65+,75-73+. The van der Waals surface area contributed by atoms with Crippen LogP contribution >= 0.6 is 0 Å². The molecular formula is C98H163NO18. The Morgan fingerprint density at radius 3 is 0.957 bits per heavy atom. The molecule has 668 valence electrons. The Bertz CT molecular complexity index is 2780. The third-order valence-electron chi connectivity index (χ3n) is 21.5. The lowest BCUT2D eigenvalue weighted by Gasteiger charge is -2.48. The summed E-state index contributed by atoms with van der Waals surface area (Å²) in [4.78, 5) is 13.5. The molecule has 3 aliphatic heterocycles. The summed E-state index contributed by atoms with van der Waals surface area (Å²) in [6.07, 6.45) is 86.4. The van der Waals surface area contributed by atoms with Gasteiger partial charge in [0.2, 0.25) is 5.91 Å². The number of hydrogen-bond acceptors (Lipinski definition) is 18. The zero-order chi connectivity index (χ0) is 84.5. The Kier molecular flexibility index (Phi) is 68.1. The van der Waals surface area contributed by atoms with Crippen LogP contribution in [-0.2, 0) is 33.2 Å². The van der Waals surface area contributed by atoms with Gasteiger partial charge in [0, 0.05) is 6.42 Å². The van der Waals surface area contributed by atoms with Crippen LogP contribution in [0.5, 0.6) is 0 Å². The zero-order valence-electron chi connectivity index (χ0n) is 72.1. The molecule has 17 unspecified atom stereocenters. The van der Waals surface area contributed by atoms with Crippen molar-refractivity contribution in [2.24, 2.45) is 0 Å². The minimum atomic E-state index is -2.00. The second-order valence-electron chi connectivity index (χ2n) is 31.7. The minimum absolute atomic E-state index is 0.198. The van der Waals surface area contributed by atoms with Gasteiger partial charge in [-0.2, -0.15) is 0 Å². The Balaban J connectivity index is 1.36. The third kappa shape index (κ3) is 52.9. The topological polar surface area (TPSA) is 307 Å². The molecule has 19 heteroatoms. The summed E-state index contributed by atoms with van der Waals surface area (Å²) in [5, 5.41) is 121. The molecular weight excluding hydrogens is 1480 g/mol. The van der Waals surface area contributed by atoms with Crippen molar-refractivity contribution < 1.29 is 89.4 Å². The molecule has 1 amide bonds. The molecule has 3 heterocycles. The van der Waals surface area contributed by atoms with E-state index in [1.807, 2.05) is 6.08 Å². The first-order valence-corrected chi connectivity index (χ1v) is 45.9. The number of aliphatic hydroxyl groups excluding tert-OH is 11. The highest BCUT2D eigenvalue weighted by molar-refractivity contribution is 5.76. The lowest BCUT2D eigenvalue weighted by molar-refractivity contribution is -0.379. The molecule has 0 aromatic heterocycles. The van der Waals surface area contributed by atoms with Gasteiger partial charge in [0.15, 0.2) is 18.9 Å². The lowest BCUT2D eigenvalue weighted by Crippen LogP contribution is -2.66. The van der Waals surface area contributed by atoms with Gasteiger partial charge >= 0.3 is 0 Å². The highest BCUT2D eigenvalue weighted by atomic mass is 16.8. The van der Waals surface area contributed by atoms with Gasteiger partial charge < -0.3 is 89.9 Å². The number of amides is 1. The zero-order valence-corrected chi connectivity index (χ0v) is 72.1. The summed E-state index contributed by atoms with van der Waals surface area (Å²) in [6.45, 7) is 1.60. The Labute approximate surface area is 707 Å². The molecule has 0 spiro atoms. The van der Waals surface area contributed by atoms with E-state index >= 15 is 0 Å². The molecule has 19 nitrogen and oxygen atoms in total. The van der Waals surface area contributed by atoms with Gasteiger partial charge in [-0.1, -0.05) is 344 Å². The van der Waals surface area contributed by atoms with Crippen molar-refractivity contribution in [3.8, 4) is 0 Å². The lowest BCUT2D eigenvalue weighted by atomic mass is 9.96. The maximum absolute atomic E-state index is 13.5. The smallest absolute Gasteiger partial charge is 0.220 e. The first kappa shape index (κ1) is 106. The summed E-state index contributed by atoms with van der Waals surface area (Å²) in [5.74, 6) is -0.313. The summed E-state index contributed by atoms with van der Waals surface area (Å²) >= 11 is 0. The van der Waals surface area contributed by atoms with E-state index in [1.165, 1.54) is 148 Å². The van der Waals surface area contributed by atoms with E-state index < -0.39 is 131 Å². The van der Waals surface area contributed by atoms with Crippen molar-refractivity contribution in [1.82, 2.24) is 5.32 Å². The van der Waals surface area contributed by atoms with E-state index in [4.69, 9.17) is 28.4 Å². The van der Waals surface area contributed by atoms with Gasteiger partial charge in [0.1, 0.15) is 73.2 Å². The highest BCUT2D eigenvalue weighted by Crippen LogP contribution is 2.33. The molecule has 17 atom stereocenters. The predicted octanol–water partition coefficient (Wildman–Crippen LogP) is 18.1. The van der Waals surface area contributed by atoms with Crippen LogP contribution in [0.1, 0.15) is 309 Å². The number of aliphatic hydroxyl groups is 11. The quantitative estimate of drug-likeness (QED) is 0.0199. The van der Waals surface area contributed by atoms with Crippen LogP contribution in [-0.4, -0.2) is 193 Å². The van der Waals surface area contributed by atoms with Crippen molar-refractivity contribution in [2.45, 2.75) is 413 Å². The fraction of sp³-hybridized carbons (Fsp3) is 0.704. The first-order valence-electron chi connectivity index (χ1n) is 45.9. The number of unbranched alkanes of at least 4 members (excludes halogenated alkanes) is 30. The van der Waals surface area contributed by atoms with Crippen LogP contribution in [0.25, 0.3) is 0 Å². The molecule has 3 saturated heterocycles. The number of allylic oxidation sites excluding steroid dienone is 27. The van der Waals surface area contributed by atoms with Crippen molar-refractivity contribution in [3.05, 3.63) is 170 Å². The van der Waals surface area contributed by atoms with E-state index in [9.17, 15) is 61.0 Å². The van der Waals surface area contributed by atoms with Crippen molar-refractivity contribution >= 4 is 5.91 Å². The maximum Gasteiger partial charge on any atom is 0.220 e. The Morgan fingerprint density at radius 2 is 0.598 bits per heavy atom. The molecule has 12 N–H and O–H groups in total. The van der Waals surface area contributed by atoms with E-state index in [-0.39, 0.29) is 12.3 Å². The van der Waals surface area contributed by atoms with Crippen molar-refractivity contribution in [2.75, 3.05) is 26.4 Å². The summed E-state index contributed by atoms with van der Waals surface area (Å²) in [5.41, 5.74) is 0. The Hall–Kier alpha value is -4.85. The van der Waals surface area contributed by atoms with Gasteiger partial charge in [-0.15, -0.1) is 0 Å². The highest BCUT2D eigenvalue weighted by Gasteiger charge is 2.54. The minimum Gasteiger partial charge on any atom is -0.394 e. The molecule has 0 aromatic carbocycles. The average molecular weight is 1640 g/mol. The number of ether oxygens (including phenoxy) is 6. The van der Waals surface area contributed by atoms with Crippen LogP contribution in [0, 0.1) is 0 Å². The van der Waals surface area contributed by atoms with E-state index in [1.54, 1.807) is 6.08 Å². The fourth-order valence-electron chi connectivity index (χ4n) is 14.2. The second-order valence-corrected chi connectivity index (χ2v) is 31.7. The molecule has 0 aromatic rings. The fourth-order valence-corrected chi connectivity index (χ4v) is 14.2. The monoisotopic (exact) mass is 1640 g/mol. The van der Waals surface area contributed by atoms with Gasteiger partial charge in [0.25, 0.3) is 0 Å². The summed E-state index contributed by atoms with van der Waals surface area (Å²) in [7, 11) is 0. The molecule has 0 aliphatic carbocycles. The first-order chi connectivity index (χ1) is 57.3. The van der Waals surface area contributed by atoms with Crippen LogP contribution in [0.4, 0.5) is 0 Å². The molecule has 0 saturated carbocycles. The van der Waals surface area contributed by atoms with E-state index in [2.05, 4.69) is 177 Å². The van der Waals surface area contributed by atoms with Crippen molar-refractivity contribution in [3.63, 3.8) is 0 Å². The molecule has 0 radical (unpaired) electrons. The number of rotatable bonds is 72. The maximum atomic E-state index is 13.5. The van der Waals surface area contributed by atoms with Crippen molar-refractivity contribution in [1.29, 1.82) is 0 Å². The largest absolute Gasteiger partial charge is 0.394 e. The molecule has 3 rings (SSSR count). The van der Waals surface area contributed by atoms with Crippen LogP contribution in [0.15, 0.2) is 170 Å². The third-order valence-corrected chi connectivity index (χ3v) is 21.5. The van der Waals surface area contributed by atoms with Gasteiger partial charge in [-0.3, -0.25) is 4.79 Å². The SMILES string of the molecule is CC/C=C\C/C=C\C/C=C\C/C=C\C/C=C\C/C=C\C/C=C\C/C=C\C/C=C\C/C=C\C/C=C\CCCCCCCC(=O)NC(COC1OC(CO)C(OC2OC(CO)C(OC3OC(CO)C(O)C(O)C3O)C(O)C2O)C(O)C1O)C(O)/C=C/CC/C=C/CC/C=C/CCCCCCCCCCCCCCCCCCCCCCCCC. The van der Waals surface area contributed by atoms with Gasteiger partial charge in [-0.25, -0.2) is 0 Å². The number of carbonyl (C=O) groups excluding carboxylic acids is 1. The van der Waals surface area contributed by atoms with Crippen LogP contribution in [0.3, 0.4) is 0 Å². The predicted molar refractivity (Wildman–Crippen MR) is 475 cm³/mol.